The van der Waals surface area contributed by atoms with E-state index >= 15 is 0 Å². The van der Waals surface area contributed by atoms with Crippen molar-refractivity contribution in [3.8, 4) is 17.2 Å². The van der Waals surface area contributed by atoms with Crippen LogP contribution in [0, 0.1) is 0 Å². The van der Waals surface area contributed by atoms with E-state index in [-0.39, 0.29) is 22.7 Å². The number of benzene rings is 2. The summed E-state index contributed by atoms with van der Waals surface area (Å²) in [7, 11) is -3.30. The van der Waals surface area contributed by atoms with Crippen molar-refractivity contribution in [3.05, 3.63) is 82.8 Å². The molecule has 0 bridgehead atoms. The normalized spacial score (nSPS) is 14.4. The van der Waals surface area contributed by atoms with Gasteiger partial charge >= 0.3 is 6.09 Å². The molecule has 1 aliphatic rings. The van der Waals surface area contributed by atoms with Gasteiger partial charge in [-0.25, -0.2) is 13.2 Å². The molecule has 4 rings (SSSR count). The molecule has 1 saturated heterocycles. The summed E-state index contributed by atoms with van der Waals surface area (Å²) in [5.74, 6) is 0.994. The second kappa shape index (κ2) is 11.6. The lowest BCUT2D eigenvalue weighted by molar-refractivity contribution is 0.0929. The van der Waals surface area contributed by atoms with Crippen molar-refractivity contribution in [2.45, 2.75) is 50.0 Å². The van der Waals surface area contributed by atoms with Crippen molar-refractivity contribution < 1.29 is 22.7 Å². The number of rotatable bonds is 8. The summed E-state index contributed by atoms with van der Waals surface area (Å²) in [4.78, 5) is 27.1. The summed E-state index contributed by atoms with van der Waals surface area (Å²) in [6, 6.07) is 16.9. The number of aryl methyl sites for hydroxylation is 1. The van der Waals surface area contributed by atoms with Crippen LogP contribution in [0.15, 0.2) is 76.6 Å². The van der Waals surface area contributed by atoms with Crippen molar-refractivity contribution in [3.63, 3.8) is 0 Å². The zero-order valence-electron chi connectivity index (χ0n) is 21.1. The molecule has 2 heterocycles. The Balaban J connectivity index is 1.29. The number of amides is 1. The summed E-state index contributed by atoms with van der Waals surface area (Å²) in [6.45, 7) is 3.16. The fourth-order valence-electron chi connectivity index (χ4n) is 4.22. The SMILES string of the molecule is CCCCc1ccc(OC(=O)N2CCC(Oc3ccn(-c4ccc(S(C)(=O)=O)cc4)c(=O)c3)CC2)cc1. The molecule has 1 fully saturated rings. The van der Waals surface area contributed by atoms with Crippen molar-refractivity contribution in [1.29, 1.82) is 0 Å². The van der Waals surface area contributed by atoms with Crippen molar-refractivity contribution >= 4 is 15.9 Å². The minimum atomic E-state index is -3.30. The third-order valence-electron chi connectivity index (χ3n) is 6.38. The molecule has 0 radical (unpaired) electrons. The molecule has 0 aliphatic carbocycles. The van der Waals surface area contributed by atoms with Gasteiger partial charge in [-0.2, -0.15) is 0 Å². The lowest BCUT2D eigenvalue weighted by Gasteiger charge is -2.31. The number of piperidine rings is 1. The number of pyridine rings is 1. The molecular weight excluding hydrogens is 492 g/mol. The maximum absolute atomic E-state index is 12.6. The Morgan fingerprint density at radius 2 is 1.65 bits per heavy atom. The highest BCUT2D eigenvalue weighted by Gasteiger charge is 2.25. The first-order valence-electron chi connectivity index (χ1n) is 12.5. The molecule has 2 aromatic carbocycles. The molecule has 9 heteroatoms. The van der Waals surface area contributed by atoms with Gasteiger partial charge in [0.25, 0.3) is 5.56 Å². The first-order valence-corrected chi connectivity index (χ1v) is 14.4. The van der Waals surface area contributed by atoms with E-state index in [0.29, 0.717) is 43.1 Å². The number of likely N-dealkylation sites (tertiary alicyclic amines) is 1. The topological polar surface area (TPSA) is 94.9 Å². The van der Waals surface area contributed by atoms with E-state index in [2.05, 4.69) is 6.92 Å². The van der Waals surface area contributed by atoms with Crippen LogP contribution in [0.4, 0.5) is 4.79 Å². The van der Waals surface area contributed by atoms with Gasteiger partial charge in [-0.3, -0.25) is 9.36 Å². The Morgan fingerprint density at radius 1 is 0.973 bits per heavy atom. The molecule has 0 unspecified atom stereocenters. The Labute approximate surface area is 217 Å². The number of sulfone groups is 1. The first kappa shape index (κ1) is 26.5. The van der Waals surface area contributed by atoms with Crippen LogP contribution in [0.1, 0.15) is 38.2 Å². The average Bonchev–Trinajstić information content (AvgIpc) is 2.88. The molecule has 8 nitrogen and oxygen atoms in total. The molecule has 1 aliphatic heterocycles. The second-order valence-corrected chi connectivity index (χ2v) is 11.3. The molecule has 37 heavy (non-hydrogen) atoms. The van der Waals surface area contributed by atoms with Gasteiger partial charge in [0.15, 0.2) is 9.84 Å². The van der Waals surface area contributed by atoms with Gasteiger partial charge in [0.1, 0.15) is 17.6 Å². The van der Waals surface area contributed by atoms with Crippen LogP contribution in [0.25, 0.3) is 5.69 Å². The number of hydrogen-bond donors (Lipinski definition) is 0. The van der Waals surface area contributed by atoms with Crippen LogP contribution >= 0.6 is 0 Å². The van der Waals surface area contributed by atoms with Crippen LogP contribution in [-0.2, 0) is 16.3 Å². The number of unbranched alkanes of at least 4 members (excludes halogenated alkanes) is 1. The number of ether oxygens (including phenoxy) is 2. The van der Waals surface area contributed by atoms with Crippen LogP contribution in [0.2, 0.25) is 0 Å². The van der Waals surface area contributed by atoms with Gasteiger partial charge in [0.05, 0.1) is 4.90 Å². The lowest BCUT2D eigenvalue weighted by atomic mass is 10.1. The molecule has 196 valence electrons. The van der Waals surface area contributed by atoms with E-state index in [4.69, 9.17) is 9.47 Å². The molecule has 1 aromatic heterocycles. The van der Waals surface area contributed by atoms with Gasteiger partial charge in [0.2, 0.25) is 0 Å². The largest absolute Gasteiger partial charge is 0.490 e. The van der Waals surface area contributed by atoms with Gasteiger partial charge in [-0.05, 0) is 60.9 Å². The van der Waals surface area contributed by atoms with Crippen molar-refractivity contribution in [2.24, 2.45) is 0 Å². The maximum Gasteiger partial charge on any atom is 0.415 e. The fraction of sp³-hybridized carbons (Fsp3) is 0.357. The molecule has 0 saturated carbocycles. The van der Waals surface area contributed by atoms with Gasteiger partial charge in [-0.15, -0.1) is 0 Å². The molecule has 0 atom stereocenters. The number of carbonyl (C=O) groups is 1. The number of carbonyl (C=O) groups excluding carboxylic acids is 1. The first-order chi connectivity index (χ1) is 17.7. The standard InChI is InChI=1S/C28H32N2O6S/c1-3-4-5-21-6-10-23(11-7-21)36-28(32)29-17-14-24(15-18-29)35-25-16-19-30(27(31)20-25)22-8-12-26(13-9-22)37(2,33)34/h6-13,16,19-20,24H,3-5,14-15,17-18H2,1-2H3. The molecular formula is C28H32N2O6S. The Bertz CT molecular complexity index is 1370. The van der Waals surface area contributed by atoms with Crippen molar-refractivity contribution in [2.75, 3.05) is 19.3 Å². The predicted octanol–water partition coefficient (Wildman–Crippen LogP) is 4.63. The number of nitrogens with zero attached hydrogens (tertiary/aromatic N) is 2. The summed E-state index contributed by atoms with van der Waals surface area (Å²) >= 11 is 0. The summed E-state index contributed by atoms with van der Waals surface area (Å²) < 4.78 is 36.3. The third-order valence-corrected chi connectivity index (χ3v) is 7.51. The minimum absolute atomic E-state index is 0.119. The van der Waals surface area contributed by atoms with E-state index in [1.165, 1.54) is 28.3 Å². The Morgan fingerprint density at radius 3 is 2.24 bits per heavy atom. The smallest absolute Gasteiger partial charge is 0.415 e. The Hall–Kier alpha value is -3.59. The fourth-order valence-corrected chi connectivity index (χ4v) is 4.85. The molecule has 0 N–H and O–H groups in total. The number of hydrogen-bond acceptors (Lipinski definition) is 6. The summed E-state index contributed by atoms with van der Waals surface area (Å²) in [5.41, 5.74) is 1.51. The molecule has 1 amide bonds. The third kappa shape index (κ3) is 7.01. The average molecular weight is 525 g/mol. The van der Waals surface area contributed by atoms with Crippen molar-refractivity contribution in [1.82, 2.24) is 9.47 Å². The highest BCUT2D eigenvalue weighted by molar-refractivity contribution is 7.90. The van der Waals surface area contributed by atoms with Gasteiger partial charge in [0, 0.05) is 50.1 Å². The van der Waals surface area contributed by atoms with Crippen LogP contribution in [0.5, 0.6) is 11.5 Å². The van der Waals surface area contributed by atoms with E-state index in [1.807, 2.05) is 24.3 Å². The van der Waals surface area contributed by atoms with Crippen LogP contribution < -0.4 is 15.0 Å². The highest BCUT2D eigenvalue weighted by Crippen LogP contribution is 2.21. The van der Waals surface area contributed by atoms with E-state index in [9.17, 15) is 18.0 Å². The molecule has 0 spiro atoms. The Kier molecular flexibility index (Phi) is 8.33. The predicted molar refractivity (Wildman–Crippen MR) is 141 cm³/mol. The zero-order valence-corrected chi connectivity index (χ0v) is 21.9. The number of aromatic nitrogens is 1. The van der Waals surface area contributed by atoms with Crippen LogP contribution in [0.3, 0.4) is 0 Å². The van der Waals surface area contributed by atoms with Gasteiger partial charge < -0.3 is 14.4 Å². The van der Waals surface area contributed by atoms with E-state index < -0.39 is 9.84 Å². The minimum Gasteiger partial charge on any atom is -0.490 e. The van der Waals surface area contributed by atoms with Crippen LogP contribution in [-0.4, -0.2) is 49.4 Å². The second-order valence-electron chi connectivity index (χ2n) is 9.26. The van der Waals surface area contributed by atoms with E-state index in [1.54, 1.807) is 29.3 Å². The summed E-state index contributed by atoms with van der Waals surface area (Å²) in [6.07, 6.45) is 6.80. The zero-order chi connectivity index (χ0) is 26.4. The van der Waals surface area contributed by atoms with E-state index in [0.717, 1.165) is 25.5 Å². The maximum atomic E-state index is 12.6. The monoisotopic (exact) mass is 524 g/mol. The molecule has 3 aromatic rings. The van der Waals surface area contributed by atoms with Gasteiger partial charge in [-0.1, -0.05) is 25.5 Å². The lowest BCUT2D eigenvalue weighted by Crippen LogP contribution is -2.43. The summed E-state index contributed by atoms with van der Waals surface area (Å²) in [5, 5.41) is 0. The highest BCUT2D eigenvalue weighted by atomic mass is 32.2. The quantitative estimate of drug-likeness (QED) is 0.427.